The van der Waals surface area contributed by atoms with E-state index in [-0.39, 0.29) is 0 Å². The number of carbonyl (C=O) groups is 2. The topological polar surface area (TPSA) is 80.3 Å². The summed E-state index contributed by atoms with van der Waals surface area (Å²) >= 11 is 0. The molecule has 0 saturated heterocycles. The minimum absolute atomic E-state index is 1.36. The minimum atomic E-state index is -2.19. The summed E-state index contributed by atoms with van der Waals surface area (Å²) in [6, 6.07) is 0. The molecule has 0 aliphatic heterocycles. The van der Waals surface area contributed by atoms with Crippen LogP contribution in [0.1, 0.15) is 273 Å². The number of rotatable bonds is 42. The zero-order chi connectivity index (χ0) is 43.9. The average molecular weight is 825 g/mol. The van der Waals surface area contributed by atoms with Crippen LogP contribution in [-0.2, 0) is 9.59 Å². The van der Waals surface area contributed by atoms with Gasteiger partial charge in [-0.1, -0.05) is 196 Å². The third-order valence-electron chi connectivity index (χ3n) is 12.5. The van der Waals surface area contributed by atoms with E-state index in [1.807, 2.05) is 0 Å². The summed E-state index contributed by atoms with van der Waals surface area (Å²) in [6.45, 7) is 22.4. The van der Waals surface area contributed by atoms with Crippen molar-refractivity contribution >= 4 is 11.9 Å². The Morgan fingerprint density at radius 3 is 0.500 bits per heavy atom. The monoisotopic (exact) mass is 825 g/mol. The van der Waals surface area contributed by atoms with E-state index in [0.29, 0.717) is 0 Å². The van der Waals surface area contributed by atoms with Gasteiger partial charge in [0.15, 0.2) is 0 Å². The van der Waals surface area contributed by atoms with Gasteiger partial charge in [-0.25, -0.2) is 0 Å². The van der Waals surface area contributed by atoms with E-state index in [4.69, 9.17) is 19.8 Å². The van der Waals surface area contributed by atoms with E-state index >= 15 is 0 Å². The van der Waals surface area contributed by atoms with Gasteiger partial charge in [0.05, 0.1) is 65.3 Å². The molecule has 0 aromatic rings. The highest BCUT2D eigenvalue weighted by Crippen LogP contribution is 2.18. The Kier molecular flexibility index (Phi) is 51.2. The number of carboxylic acids is 2. The first-order chi connectivity index (χ1) is 28.0. The molecule has 0 N–H and O–H groups in total. The first kappa shape index (κ1) is 61.2. The Morgan fingerprint density at radius 1 is 0.259 bits per heavy atom. The maximum absolute atomic E-state index is 8.93. The fraction of sp³-hybridized carbons (Fsp3) is 0.962. The van der Waals surface area contributed by atoms with Crippen LogP contribution in [0.3, 0.4) is 0 Å². The Hall–Kier alpha value is -1.14. The van der Waals surface area contributed by atoms with Crippen molar-refractivity contribution in [3.63, 3.8) is 0 Å². The van der Waals surface area contributed by atoms with Crippen LogP contribution in [-0.4, -0.2) is 74.3 Å². The lowest BCUT2D eigenvalue weighted by Gasteiger charge is -2.35. The fourth-order valence-electron chi connectivity index (χ4n) is 8.31. The number of carbonyl (C=O) groups excluding carboxylic acids is 2. The molecule has 350 valence electrons. The van der Waals surface area contributed by atoms with Crippen molar-refractivity contribution in [1.29, 1.82) is 0 Å². The zero-order valence-electron chi connectivity index (χ0n) is 41.2. The van der Waals surface area contributed by atoms with Crippen LogP contribution in [0.4, 0.5) is 0 Å². The quantitative estimate of drug-likeness (QED) is 0.0349. The van der Waals surface area contributed by atoms with Crippen molar-refractivity contribution in [2.45, 2.75) is 273 Å². The molecule has 0 aliphatic carbocycles. The molecule has 0 rings (SSSR count). The van der Waals surface area contributed by atoms with Gasteiger partial charge in [-0.15, -0.1) is 0 Å². The van der Waals surface area contributed by atoms with Crippen molar-refractivity contribution in [3.8, 4) is 0 Å². The molecule has 0 aromatic heterocycles. The lowest BCUT2D eigenvalue weighted by Crippen LogP contribution is -2.46. The van der Waals surface area contributed by atoms with Crippen LogP contribution in [0.5, 0.6) is 0 Å². The second-order valence-corrected chi connectivity index (χ2v) is 18.8. The lowest BCUT2D eigenvalue weighted by molar-refractivity contribution is -0.910. The number of hydrogen-bond donors (Lipinski definition) is 0. The van der Waals surface area contributed by atoms with E-state index < -0.39 is 11.9 Å². The van der Waals surface area contributed by atoms with Crippen molar-refractivity contribution in [2.75, 3.05) is 53.4 Å². The number of unbranched alkanes of at least 4 members (excludes halogenated alkanes) is 30. The molecule has 0 radical (unpaired) electrons. The molecule has 0 unspecified atom stereocenters. The van der Waals surface area contributed by atoms with Crippen LogP contribution in [0.25, 0.3) is 0 Å². The molecular formula is C52H108N2O4. The maximum atomic E-state index is 8.93. The molecule has 0 atom stereocenters. The van der Waals surface area contributed by atoms with Gasteiger partial charge in [0.1, 0.15) is 0 Å². The van der Waals surface area contributed by atoms with E-state index in [1.165, 1.54) is 279 Å². The van der Waals surface area contributed by atoms with Crippen molar-refractivity contribution < 1.29 is 28.8 Å². The fourth-order valence-corrected chi connectivity index (χ4v) is 8.31. The van der Waals surface area contributed by atoms with Gasteiger partial charge in [0, 0.05) is 0 Å². The summed E-state index contributed by atoms with van der Waals surface area (Å²) in [5, 5.41) is 17.9. The lowest BCUT2D eigenvalue weighted by atomic mass is 10.1. The van der Waals surface area contributed by atoms with Gasteiger partial charge in [-0.3, -0.25) is 0 Å². The van der Waals surface area contributed by atoms with Crippen LogP contribution in [0.15, 0.2) is 0 Å². The van der Waals surface area contributed by atoms with Crippen LogP contribution in [0, 0.1) is 0 Å². The third kappa shape index (κ3) is 49.2. The molecule has 6 heteroatoms. The van der Waals surface area contributed by atoms with Gasteiger partial charge >= 0.3 is 0 Å². The highest BCUT2D eigenvalue weighted by atomic mass is 16.4. The standard InChI is InChI=1S/2C25H54N.C2H2O4/c2*1-5-8-11-14-17-20-23-26(4,24-21-18-15-12-9-6-2)25-22-19-16-13-10-7-3;3-1(4)2(5)6/h2*5-25H2,1-4H3;(H,3,4)(H,5,6)/q2*+1;/p-2. The summed E-state index contributed by atoms with van der Waals surface area (Å²) < 4.78 is 2.71. The Bertz CT molecular complexity index is 672. The molecule has 0 aliphatic rings. The van der Waals surface area contributed by atoms with Gasteiger partial charge in [-0.05, 0) is 77.0 Å². The van der Waals surface area contributed by atoms with E-state index in [1.54, 1.807) is 0 Å². The van der Waals surface area contributed by atoms with E-state index in [0.717, 1.165) is 0 Å². The highest BCUT2D eigenvalue weighted by Gasteiger charge is 2.21. The predicted molar refractivity (Wildman–Crippen MR) is 252 cm³/mol. The van der Waals surface area contributed by atoms with Crippen LogP contribution in [0.2, 0.25) is 0 Å². The van der Waals surface area contributed by atoms with Crippen LogP contribution >= 0.6 is 0 Å². The Balaban J connectivity index is -0.000000912. The van der Waals surface area contributed by atoms with Gasteiger partial charge in [-0.2, -0.15) is 0 Å². The Labute approximate surface area is 365 Å². The SMILES string of the molecule is CCCCCCCC[N+](C)(CCCCCCCC)CCCCCCCC.CCCCCCCC[N+](C)(CCCCCCCC)CCCCCCCC.O=C([O-])C(=O)[O-]. The number of nitrogens with zero attached hydrogens (tertiary/aromatic N) is 2. The van der Waals surface area contributed by atoms with Gasteiger partial charge in [0.2, 0.25) is 0 Å². The summed E-state index contributed by atoms with van der Waals surface area (Å²) in [4.78, 5) is 17.9. The number of carboxylic acid groups (broad SMARTS) is 2. The molecule has 0 saturated carbocycles. The highest BCUT2D eigenvalue weighted by molar-refractivity contribution is 6.25. The second kappa shape index (κ2) is 48.5. The summed E-state index contributed by atoms with van der Waals surface area (Å²) in [6.07, 6.45) is 51.7. The molecule has 6 nitrogen and oxygen atoms in total. The summed E-state index contributed by atoms with van der Waals surface area (Å²) in [5.41, 5.74) is 0. The maximum Gasteiger partial charge on any atom is 0.0870 e. The first-order valence-corrected chi connectivity index (χ1v) is 26.1. The molecule has 0 fully saturated rings. The average Bonchev–Trinajstić information content (AvgIpc) is 3.20. The molecule has 58 heavy (non-hydrogen) atoms. The molecule has 0 aromatic carbocycles. The largest absolute Gasteiger partial charge is 0.543 e. The predicted octanol–water partition coefficient (Wildman–Crippen LogP) is 13.5. The third-order valence-corrected chi connectivity index (χ3v) is 12.5. The van der Waals surface area contributed by atoms with Gasteiger partial charge < -0.3 is 28.8 Å². The zero-order valence-corrected chi connectivity index (χ0v) is 41.2. The number of aliphatic carboxylic acids is 2. The molecule has 0 amide bonds. The van der Waals surface area contributed by atoms with Crippen molar-refractivity contribution in [2.24, 2.45) is 0 Å². The molecular weight excluding hydrogens is 717 g/mol. The van der Waals surface area contributed by atoms with Gasteiger partial charge in [0.25, 0.3) is 0 Å². The first-order valence-electron chi connectivity index (χ1n) is 26.1. The van der Waals surface area contributed by atoms with Crippen molar-refractivity contribution in [1.82, 2.24) is 0 Å². The molecule has 0 bridgehead atoms. The Morgan fingerprint density at radius 2 is 0.379 bits per heavy atom. The smallest absolute Gasteiger partial charge is 0.0870 e. The molecule has 0 spiro atoms. The number of hydrogen-bond acceptors (Lipinski definition) is 4. The number of quaternary nitrogens is 2. The summed E-state index contributed by atoms with van der Waals surface area (Å²) in [5.74, 6) is -4.37. The van der Waals surface area contributed by atoms with E-state index in [2.05, 4.69) is 55.6 Å². The second-order valence-electron chi connectivity index (χ2n) is 18.8. The minimum Gasteiger partial charge on any atom is -0.543 e. The molecule has 0 heterocycles. The van der Waals surface area contributed by atoms with E-state index in [9.17, 15) is 0 Å². The normalized spacial score (nSPS) is 11.5. The van der Waals surface area contributed by atoms with Crippen molar-refractivity contribution in [3.05, 3.63) is 0 Å². The van der Waals surface area contributed by atoms with Crippen LogP contribution < -0.4 is 10.2 Å². The summed E-state index contributed by atoms with van der Waals surface area (Å²) in [7, 11) is 5.12.